The molecule has 0 aromatic rings. The van der Waals surface area contributed by atoms with Crippen LogP contribution in [0, 0.1) is 0 Å². The lowest BCUT2D eigenvalue weighted by Gasteiger charge is -2.25. The Morgan fingerprint density at radius 2 is 0.871 bits per heavy atom. The minimum atomic E-state index is -1.51. The average Bonchev–Trinajstić information content (AvgIpc) is 3.23. The minimum Gasteiger partial charge on any atom is -0.477 e. The van der Waals surface area contributed by atoms with Gasteiger partial charge in [-0.05, 0) is 51.4 Å². The number of carboxylic acids is 1. The number of hydrogen-bond acceptors (Lipinski definition) is 7. The van der Waals surface area contributed by atoms with Gasteiger partial charge >= 0.3 is 17.9 Å². The zero-order valence-corrected chi connectivity index (χ0v) is 41.0. The van der Waals surface area contributed by atoms with Crippen LogP contribution in [-0.2, 0) is 33.3 Å². The van der Waals surface area contributed by atoms with Crippen molar-refractivity contribution in [1.82, 2.24) is 0 Å². The number of unbranched alkanes of at least 4 members (excludes halogenated alkanes) is 26. The van der Waals surface area contributed by atoms with Gasteiger partial charge in [0.2, 0.25) is 0 Å². The van der Waals surface area contributed by atoms with E-state index in [4.69, 9.17) is 18.9 Å². The van der Waals surface area contributed by atoms with Crippen molar-refractivity contribution in [2.24, 2.45) is 0 Å². The van der Waals surface area contributed by atoms with Crippen LogP contribution in [0.5, 0.6) is 0 Å². The highest BCUT2D eigenvalue weighted by Crippen LogP contribution is 2.15. The van der Waals surface area contributed by atoms with E-state index in [-0.39, 0.29) is 32.2 Å². The molecular formula is C53H98NO8+. The number of nitrogens with zero attached hydrogens (tertiary/aromatic N) is 1. The second-order valence-electron chi connectivity index (χ2n) is 18.5. The van der Waals surface area contributed by atoms with Crippen LogP contribution >= 0.6 is 0 Å². The number of aliphatic carboxylic acids is 1. The molecule has 0 rings (SSSR count). The minimum absolute atomic E-state index is 0.184. The highest BCUT2D eigenvalue weighted by atomic mass is 16.7. The molecule has 0 heterocycles. The van der Waals surface area contributed by atoms with E-state index >= 15 is 0 Å². The summed E-state index contributed by atoms with van der Waals surface area (Å²) in [6.07, 6.45) is 49.1. The number of likely N-dealkylation sites (N-methyl/N-ethyl adjacent to an activating group) is 1. The number of quaternary nitrogens is 1. The molecule has 0 amide bonds. The molecule has 0 aliphatic rings. The van der Waals surface area contributed by atoms with Gasteiger partial charge < -0.3 is 28.5 Å². The fraction of sp³-hybridized carbons (Fsp3) is 0.830. The topological polar surface area (TPSA) is 108 Å². The standard InChI is InChI=1S/C53H97NO8/c1-6-8-10-12-14-16-18-20-22-24-25-26-27-28-30-32-34-36-38-40-42-44-51(56)62-49(48-61-53(52(57)58)59-46-45-54(3,4)5)47-60-50(55)43-41-39-37-35-33-31-29-23-21-19-17-15-13-11-9-7-2/h18,20,24-25,27-28,49,53H,6-17,19,21-23,26,29-48H2,1-5H3/p+1/b20-18-,25-24-,28-27-. The zero-order valence-electron chi connectivity index (χ0n) is 41.0. The summed E-state index contributed by atoms with van der Waals surface area (Å²) in [6, 6.07) is 0. The van der Waals surface area contributed by atoms with Crippen LogP contribution in [0.25, 0.3) is 0 Å². The maximum absolute atomic E-state index is 12.8. The highest BCUT2D eigenvalue weighted by molar-refractivity contribution is 5.71. The number of ether oxygens (including phenoxy) is 4. The Labute approximate surface area is 381 Å². The van der Waals surface area contributed by atoms with Crippen LogP contribution in [0.3, 0.4) is 0 Å². The summed E-state index contributed by atoms with van der Waals surface area (Å²) in [5, 5.41) is 9.66. The maximum atomic E-state index is 12.8. The molecule has 362 valence electrons. The van der Waals surface area contributed by atoms with Gasteiger partial charge in [0.05, 0.1) is 34.4 Å². The van der Waals surface area contributed by atoms with E-state index in [1.165, 1.54) is 135 Å². The van der Waals surface area contributed by atoms with Gasteiger partial charge in [0.1, 0.15) is 13.2 Å². The summed E-state index contributed by atoms with van der Waals surface area (Å²) in [5.74, 6) is -2.01. The Bertz CT molecular complexity index is 1110. The molecule has 0 aliphatic carbocycles. The van der Waals surface area contributed by atoms with E-state index in [2.05, 4.69) is 50.3 Å². The van der Waals surface area contributed by atoms with Gasteiger partial charge in [0, 0.05) is 12.8 Å². The van der Waals surface area contributed by atoms with Crippen molar-refractivity contribution in [2.75, 3.05) is 47.5 Å². The third-order valence-corrected chi connectivity index (χ3v) is 11.1. The number of allylic oxidation sites excluding steroid dienone is 6. The molecule has 1 N–H and O–H groups in total. The lowest BCUT2D eigenvalue weighted by atomic mass is 10.0. The van der Waals surface area contributed by atoms with Crippen molar-refractivity contribution in [3.05, 3.63) is 36.5 Å². The molecule has 2 unspecified atom stereocenters. The van der Waals surface area contributed by atoms with Gasteiger partial charge in [0.15, 0.2) is 6.10 Å². The molecule has 9 heteroatoms. The molecule has 62 heavy (non-hydrogen) atoms. The number of hydrogen-bond donors (Lipinski definition) is 1. The highest BCUT2D eigenvalue weighted by Gasteiger charge is 2.25. The van der Waals surface area contributed by atoms with Gasteiger partial charge in [0.25, 0.3) is 6.29 Å². The van der Waals surface area contributed by atoms with E-state index in [1.807, 2.05) is 21.1 Å². The molecule has 9 nitrogen and oxygen atoms in total. The van der Waals surface area contributed by atoms with E-state index < -0.39 is 24.3 Å². The Kier molecular flexibility index (Phi) is 43.3. The summed E-state index contributed by atoms with van der Waals surface area (Å²) in [7, 11) is 5.96. The van der Waals surface area contributed by atoms with Gasteiger partial charge in [-0.15, -0.1) is 0 Å². The zero-order chi connectivity index (χ0) is 45.6. The van der Waals surface area contributed by atoms with E-state index in [9.17, 15) is 19.5 Å². The first-order valence-electron chi connectivity index (χ1n) is 25.7. The second-order valence-corrected chi connectivity index (χ2v) is 18.5. The molecule has 0 bridgehead atoms. The largest absolute Gasteiger partial charge is 0.477 e. The monoisotopic (exact) mass is 877 g/mol. The Balaban J connectivity index is 4.37. The average molecular weight is 877 g/mol. The van der Waals surface area contributed by atoms with E-state index in [1.54, 1.807) is 0 Å². The van der Waals surface area contributed by atoms with Crippen LogP contribution in [-0.4, -0.2) is 87.4 Å². The van der Waals surface area contributed by atoms with Crippen molar-refractivity contribution in [2.45, 2.75) is 238 Å². The molecule has 0 aliphatic heterocycles. The second kappa shape index (κ2) is 45.1. The van der Waals surface area contributed by atoms with Crippen molar-refractivity contribution in [3.63, 3.8) is 0 Å². The number of esters is 2. The first-order chi connectivity index (χ1) is 30.1. The molecule has 0 spiro atoms. The van der Waals surface area contributed by atoms with E-state index in [0.717, 1.165) is 57.8 Å². The first kappa shape index (κ1) is 59.5. The molecule has 0 saturated carbocycles. The molecule has 0 fully saturated rings. The smallest absolute Gasteiger partial charge is 0.361 e. The van der Waals surface area contributed by atoms with Crippen molar-refractivity contribution < 1.29 is 42.9 Å². The van der Waals surface area contributed by atoms with Crippen molar-refractivity contribution in [1.29, 1.82) is 0 Å². The number of carboxylic acid groups (broad SMARTS) is 1. The van der Waals surface area contributed by atoms with Crippen LogP contribution in [0.1, 0.15) is 226 Å². The van der Waals surface area contributed by atoms with Crippen LogP contribution in [0.2, 0.25) is 0 Å². The van der Waals surface area contributed by atoms with Gasteiger partial charge in [-0.25, -0.2) is 4.79 Å². The summed E-state index contributed by atoms with van der Waals surface area (Å²) >= 11 is 0. The first-order valence-corrected chi connectivity index (χ1v) is 25.7. The third-order valence-electron chi connectivity index (χ3n) is 11.1. The lowest BCUT2D eigenvalue weighted by Crippen LogP contribution is -2.40. The molecule has 0 saturated heterocycles. The maximum Gasteiger partial charge on any atom is 0.361 e. The summed E-state index contributed by atoms with van der Waals surface area (Å²) in [6.45, 7) is 4.87. The Hall–Kier alpha value is -2.49. The Morgan fingerprint density at radius 1 is 0.484 bits per heavy atom. The molecule has 0 aromatic carbocycles. The molecular weight excluding hydrogens is 779 g/mol. The molecule has 2 atom stereocenters. The quantitative estimate of drug-likeness (QED) is 0.0212. The van der Waals surface area contributed by atoms with Crippen LogP contribution in [0.4, 0.5) is 0 Å². The van der Waals surface area contributed by atoms with Gasteiger partial charge in [-0.1, -0.05) is 198 Å². The van der Waals surface area contributed by atoms with Crippen molar-refractivity contribution >= 4 is 17.9 Å². The number of carbonyl (C=O) groups excluding carboxylic acids is 2. The number of carbonyl (C=O) groups is 3. The van der Waals surface area contributed by atoms with Crippen LogP contribution in [0.15, 0.2) is 36.5 Å². The summed E-state index contributed by atoms with van der Waals surface area (Å²) < 4.78 is 22.8. The molecule has 0 radical (unpaired) electrons. The third kappa shape index (κ3) is 45.5. The van der Waals surface area contributed by atoms with Crippen molar-refractivity contribution in [3.8, 4) is 0 Å². The SMILES string of the molecule is CCCCCCC/C=C\C/C=C\C/C=C\CCCCCCCCC(=O)OC(COC(=O)CCCCCCCCCCCCCCCCCC)COC(OCC[N+](C)(C)C)C(=O)O. The summed E-state index contributed by atoms with van der Waals surface area (Å²) in [5.41, 5.74) is 0. The Morgan fingerprint density at radius 3 is 1.29 bits per heavy atom. The normalized spacial score (nSPS) is 13.1. The van der Waals surface area contributed by atoms with E-state index in [0.29, 0.717) is 23.9 Å². The lowest BCUT2D eigenvalue weighted by molar-refractivity contribution is -0.870. The number of rotatable bonds is 47. The van der Waals surface area contributed by atoms with Gasteiger partial charge in [-0.3, -0.25) is 9.59 Å². The summed E-state index contributed by atoms with van der Waals surface area (Å²) in [4.78, 5) is 37.3. The van der Waals surface area contributed by atoms with Gasteiger partial charge in [-0.2, -0.15) is 0 Å². The fourth-order valence-electron chi connectivity index (χ4n) is 7.14. The fourth-order valence-corrected chi connectivity index (χ4v) is 7.14. The predicted octanol–water partition coefficient (Wildman–Crippen LogP) is 14.2. The molecule has 0 aromatic heterocycles. The van der Waals surface area contributed by atoms with Crippen LogP contribution < -0.4 is 0 Å². The predicted molar refractivity (Wildman–Crippen MR) is 258 cm³/mol.